The lowest BCUT2D eigenvalue weighted by molar-refractivity contribution is 0.102. The largest absolute Gasteiger partial charge is 0.368 e. The van der Waals surface area contributed by atoms with Gasteiger partial charge in [0.2, 0.25) is 0 Å². The number of rotatable bonds is 9. The van der Waals surface area contributed by atoms with Crippen LogP contribution in [-0.2, 0) is 0 Å². The highest BCUT2D eigenvalue weighted by Gasteiger charge is 2.21. The third kappa shape index (κ3) is 6.37. The number of anilines is 4. The minimum atomic E-state index is -0.229. The molecular formula is C29H33ClN6OS. The number of allylic oxidation sites excluding steroid dienone is 2. The standard InChI is InChI=1S/C29H33ClN6OS/c1-19-7-4-10-23(30)26(19)34-28(37)27-21(3)31-29(38-27)33-24-11-6-12-25(32-24)36-17-15-35(16-18-36)20(2)8-5-9-22-13-14-22/h4-8,10-12,22H,2,9,13-18H2,1,3H3,(H,34,37)(H,31,32,33)/b8-5+. The molecule has 3 heterocycles. The number of para-hydroxylation sites is 1. The van der Waals surface area contributed by atoms with E-state index in [1.807, 2.05) is 44.2 Å². The fourth-order valence-corrected chi connectivity index (χ4v) is 5.62. The first-order valence-electron chi connectivity index (χ1n) is 13.0. The van der Waals surface area contributed by atoms with E-state index in [2.05, 4.69) is 44.1 Å². The van der Waals surface area contributed by atoms with Crippen molar-refractivity contribution in [3.05, 3.63) is 82.0 Å². The van der Waals surface area contributed by atoms with E-state index in [9.17, 15) is 4.79 Å². The molecule has 1 saturated carbocycles. The number of aromatic nitrogens is 2. The van der Waals surface area contributed by atoms with Gasteiger partial charge in [0.25, 0.3) is 5.91 Å². The van der Waals surface area contributed by atoms with Crippen LogP contribution in [0.2, 0.25) is 5.02 Å². The lowest BCUT2D eigenvalue weighted by Crippen LogP contribution is -2.45. The molecule has 1 saturated heterocycles. The van der Waals surface area contributed by atoms with E-state index in [1.54, 1.807) is 6.07 Å². The number of nitrogens with zero attached hydrogens (tertiary/aromatic N) is 4. The van der Waals surface area contributed by atoms with Gasteiger partial charge in [0.15, 0.2) is 5.13 Å². The molecule has 2 N–H and O–H groups in total. The van der Waals surface area contributed by atoms with E-state index in [0.29, 0.717) is 32.2 Å². The van der Waals surface area contributed by atoms with Gasteiger partial charge in [-0.2, -0.15) is 0 Å². The Morgan fingerprint density at radius 2 is 1.89 bits per heavy atom. The summed E-state index contributed by atoms with van der Waals surface area (Å²) in [6.07, 6.45) is 8.37. The average Bonchev–Trinajstić information content (AvgIpc) is 3.66. The number of carbonyl (C=O) groups is 1. The van der Waals surface area contributed by atoms with E-state index >= 15 is 0 Å². The summed E-state index contributed by atoms with van der Waals surface area (Å²) in [4.78, 5) is 27.5. The number of benzene rings is 1. The molecule has 0 radical (unpaired) electrons. The molecule has 1 aliphatic carbocycles. The summed E-state index contributed by atoms with van der Waals surface area (Å²) in [6, 6.07) is 11.5. The maximum atomic E-state index is 13.0. The minimum absolute atomic E-state index is 0.229. The third-order valence-electron chi connectivity index (χ3n) is 6.92. The number of hydrogen-bond acceptors (Lipinski definition) is 7. The highest BCUT2D eigenvalue weighted by atomic mass is 35.5. The number of piperazine rings is 1. The second-order valence-corrected chi connectivity index (χ2v) is 11.3. The van der Waals surface area contributed by atoms with Crippen LogP contribution in [0.4, 0.5) is 22.5 Å². The fraction of sp³-hybridized carbons (Fsp3) is 0.345. The summed E-state index contributed by atoms with van der Waals surface area (Å²) >= 11 is 7.58. The first-order valence-corrected chi connectivity index (χ1v) is 14.2. The second-order valence-electron chi connectivity index (χ2n) is 9.87. The van der Waals surface area contributed by atoms with Crippen LogP contribution in [0.5, 0.6) is 0 Å². The zero-order valence-corrected chi connectivity index (χ0v) is 23.4. The summed E-state index contributed by atoms with van der Waals surface area (Å²) in [7, 11) is 0. The fourth-order valence-electron chi connectivity index (χ4n) is 4.48. The Labute approximate surface area is 233 Å². The van der Waals surface area contributed by atoms with Gasteiger partial charge in [-0.3, -0.25) is 4.79 Å². The number of nitrogens with one attached hydrogen (secondary N) is 2. The van der Waals surface area contributed by atoms with Gasteiger partial charge in [-0.15, -0.1) is 0 Å². The lowest BCUT2D eigenvalue weighted by Gasteiger charge is -2.37. The van der Waals surface area contributed by atoms with Crippen LogP contribution >= 0.6 is 22.9 Å². The van der Waals surface area contributed by atoms with Crippen molar-refractivity contribution >= 4 is 51.3 Å². The smallest absolute Gasteiger partial charge is 0.267 e. The number of amides is 1. The van der Waals surface area contributed by atoms with E-state index in [4.69, 9.17) is 16.6 Å². The topological polar surface area (TPSA) is 73.4 Å². The molecule has 0 unspecified atom stereocenters. The maximum absolute atomic E-state index is 13.0. The van der Waals surface area contributed by atoms with Crippen LogP contribution in [0.25, 0.3) is 0 Å². The number of hydrogen-bond donors (Lipinski definition) is 2. The van der Waals surface area contributed by atoms with E-state index in [0.717, 1.165) is 49.2 Å². The SMILES string of the molecule is C=C(/C=C/CC1CC1)N1CCN(c2cccc(Nc3nc(C)c(C(=O)Nc4c(C)cccc4Cl)s3)n2)CC1. The van der Waals surface area contributed by atoms with Crippen LogP contribution in [0.15, 0.2) is 60.8 Å². The zero-order valence-electron chi connectivity index (χ0n) is 21.8. The minimum Gasteiger partial charge on any atom is -0.368 e. The molecule has 2 fully saturated rings. The summed E-state index contributed by atoms with van der Waals surface area (Å²) in [5.74, 6) is 2.29. The molecular weight excluding hydrogens is 516 g/mol. The molecule has 1 aromatic carbocycles. The van der Waals surface area contributed by atoms with Gasteiger partial charge >= 0.3 is 0 Å². The Kier molecular flexibility index (Phi) is 8.00. The van der Waals surface area contributed by atoms with Crippen LogP contribution in [0, 0.1) is 19.8 Å². The van der Waals surface area contributed by atoms with Crippen molar-refractivity contribution in [3.63, 3.8) is 0 Å². The van der Waals surface area contributed by atoms with Crippen LogP contribution in [-0.4, -0.2) is 47.0 Å². The first kappa shape index (κ1) is 26.3. The first-order chi connectivity index (χ1) is 18.4. The average molecular weight is 549 g/mol. The summed E-state index contributed by atoms with van der Waals surface area (Å²) < 4.78 is 0. The molecule has 1 aliphatic heterocycles. The molecule has 0 atom stereocenters. The number of pyridine rings is 1. The van der Waals surface area contributed by atoms with E-state index in [-0.39, 0.29) is 5.91 Å². The Morgan fingerprint density at radius 3 is 2.63 bits per heavy atom. The molecule has 38 heavy (non-hydrogen) atoms. The van der Waals surface area contributed by atoms with Gasteiger partial charge in [-0.1, -0.05) is 53.8 Å². The number of halogens is 1. The molecule has 0 spiro atoms. The van der Waals surface area contributed by atoms with Crippen molar-refractivity contribution in [2.75, 3.05) is 41.7 Å². The second kappa shape index (κ2) is 11.6. The summed E-state index contributed by atoms with van der Waals surface area (Å²) in [6.45, 7) is 11.6. The monoisotopic (exact) mass is 548 g/mol. The van der Waals surface area contributed by atoms with E-state index in [1.165, 1.54) is 30.6 Å². The van der Waals surface area contributed by atoms with Gasteiger partial charge in [0.05, 0.1) is 16.4 Å². The molecule has 2 aliphatic rings. The summed E-state index contributed by atoms with van der Waals surface area (Å²) in [5, 5.41) is 7.34. The quantitative estimate of drug-likeness (QED) is 0.287. The Bertz CT molecular complexity index is 1340. The van der Waals surface area contributed by atoms with E-state index < -0.39 is 0 Å². The normalized spacial score (nSPS) is 15.7. The van der Waals surface area contributed by atoms with Gasteiger partial charge < -0.3 is 20.4 Å². The van der Waals surface area contributed by atoms with Crippen molar-refractivity contribution in [2.24, 2.45) is 5.92 Å². The predicted molar refractivity (Wildman–Crippen MR) is 158 cm³/mol. The molecule has 3 aromatic rings. The highest BCUT2D eigenvalue weighted by molar-refractivity contribution is 7.17. The Balaban J connectivity index is 1.19. The van der Waals surface area contributed by atoms with Gasteiger partial charge in [-0.05, 0) is 68.9 Å². The highest BCUT2D eigenvalue weighted by Crippen LogP contribution is 2.33. The number of carbonyl (C=O) groups excluding carboxylic acids is 1. The van der Waals surface area contributed by atoms with Crippen molar-refractivity contribution < 1.29 is 4.79 Å². The van der Waals surface area contributed by atoms with Crippen LogP contribution in [0.1, 0.15) is 40.2 Å². The van der Waals surface area contributed by atoms with Crippen molar-refractivity contribution in [2.45, 2.75) is 33.1 Å². The van der Waals surface area contributed by atoms with Crippen LogP contribution in [0.3, 0.4) is 0 Å². The molecule has 9 heteroatoms. The van der Waals surface area contributed by atoms with Crippen molar-refractivity contribution in [1.82, 2.24) is 14.9 Å². The lowest BCUT2D eigenvalue weighted by atomic mass is 10.2. The summed E-state index contributed by atoms with van der Waals surface area (Å²) in [5.41, 5.74) is 3.27. The van der Waals surface area contributed by atoms with Gasteiger partial charge in [0.1, 0.15) is 16.5 Å². The Morgan fingerprint density at radius 1 is 1.13 bits per heavy atom. The van der Waals surface area contributed by atoms with Crippen molar-refractivity contribution in [1.29, 1.82) is 0 Å². The molecule has 1 amide bonds. The molecule has 5 rings (SSSR count). The third-order valence-corrected chi connectivity index (χ3v) is 8.31. The predicted octanol–water partition coefficient (Wildman–Crippen LogP) is 6.80. The molecule has 0 bridgehead atoms. The van der Waals surface area contributed by atoms with Crippen molar-refractivity contribution in [3.8, 4) is 0 Å². The number of thiazole rings is 1. The van der Waals surface area contributed by atoms with Gasteiger partial charge in [0, 0.05) is 31.9 Å². The molecule has 7 nitrogen and oxygen atoms in total. The zero-order chi connectivity index (χ0) is 26.6. The maximum Gasteiger partial charge on any atom is 0.267 e. The Hall–Kier alpha value is -3.36. The molecule has 198 valence electrons. The van der Waals surface area contributed by atoms with Crippen LogP contribution < -0.4 is 15.5 Å². The molecule has 2 aromatic heterocycles. The number of aryl methyl sites for hydroxylation is 2. The van der Waals surface area contributed by atoms with Gasteiger partial charge in [-0.25, -0.2) is 9.97 Å².